The predicted molar refractivity (Wildman–Crippen MR) is 109 cm³/mol. The summed E-state index contributed by atoms with van der Waals surface area (Å²) >= 11 is 0. The average molecular weight is 363 g/mol. The number of hydrogen-bond donors (Lipinski definition) is 2. The Hall–Kier alpha value is -1.55. The number of amides is 1. The van der Waals surface area contributed by atoms with Gasteiger partial charge in [-0.15, -0.1) is 0 Å². The van der Waals surface area contributed by atoms with Crippen molar-refractivity contribution < 1.29 is 9.90 Å². The van der Waals surface area contributed by atoms with Crippen molar-refractivity contribution >= 4 is 5.91 Å². The molecular weight excluding hydrogens is 324 g/mol. The zero-order valence-electron chi connectivity index (χ0n) is 17.8. The zero-order chi connectivity index (χ0) is 20.1. The van der Waals surface area contributed by atoms with Crippen molar-refractivity contribution in [1.82, 2.24) is 5.01 Å². The highest BCUT2D eigenvalue weighted by molar-refractivity contribution is 5.75. The van der Waals surface area contributed by atoms with E-state index >= 15 is 0 Å². The van der Waals surface area contributed by atoms with Crippen LogP contribution in [-0.2, 0) is 22.0 Å². The quantitative estimate of drug-likeness (QED) is 0.316. The van der Waals surface area contributed by atoms with E-state index in [1.165, 1.54) is 5.01 Å². The molecule has 1 aromatic carbocycles. The minimum Gasteiger partial charge on any atom is -0.507 e. The Balaban J connectivity index is 2.98. The molecule has 0 saturated carbocycles. The highest BCUT2D eigenvalue weighted by atomic mass is 16.3. The fourth-order valence-electron chi connectivity index (χ4n) is 3.03. The number of aromatic hydroxyl groups is 1. The molecule has 0 fully saturated rings. The van der Waals surface area contributed by atoms with Gasteiger partial charge in [0.2, 0.25) is 5.91 Å². The first kappa shape index (κ1) is 22.5. The van der Waals surface area contributed by atoms with Crippen LogP contribution >= 0.6 is 0 Å². The monoisotopic (exact) mass is 362 g/mol. The van der Waals surface area contributed by atoms with Gasteiger partial charge in [-0.25, -0.2) is 5.84 Å². The molecule has 0 aliphatic heterocycles. The number of unbranched alkanes of at least 4 members (excludes halogenated alkanes) is 2. The first-order chi connectivity index (χ1) is 11.9. The van der Waals surface area contributed by atoms with Crippen LogP contribution in [0.3, 0.4) is 0 Å². The molecule has 0 bridgehead atoms. The molecule has 0 saturated heterocycles. The van der Waals surface area contributed by atoms with Gasteiger partial charge in [0, 0.05) is 13.0 Å². The molecule has 4 heteroatoms. The van der Waals surface area contributed by atoms with E-state index in [9.17, 15) is 9.90 Å². The number of nitrogens with two attached hydrogens (primary N) is 1. The normalized spacial score (nSPS) is 12.3. The molecule has 0 heterocycles. The Morgan fingerprint density at radius 2 is 1.54 bits per heavy atom. The molecule has 0 unspecified atom stereocenters. The standard InChI is InChI=1S/C22H38N2O2/c1-8-9-10-13-24(23)19(25)12-11-16-14-17(21(2,3)4)20(26)18(15-16)22(5,6)7/h14-15,26H,8-13,23H2,1-7H3. The summed E-state index contributed by atoms with van der Waals surface area (Å²) in [4.78, 5) is 12.3. The molecule has 1 rings (SSSR count). The third kappa shape index (κ3) is 6.31. The van der Waals surface area contributed by atoms with Crippen molar-refractivity contribution in [2.75, 3.05) is 6.54 Å². The lowest BCUT2D eigenvalue weighted by atomic mass is 9.78. The number of benzene rings is 1. The van der Waals surface area contributed by atoms with Gasteiger partial charge >= 0.3 is 0 Å². The van der Waals surface area contributed by atoms with Gasteiger partial charge in [-0.1, -0.05) is 73.4 Å². The molecule has 3 N–H and O–H groups in total. The Kier molecular flexibility index (Phi) is 7.70. The van der Waals surface area contributed by atoms with Gasteiger partial charge in [-0.05, 0) is 40.4 Å². The van der Waals surface area contributed by atoms with E-state index in [4.69, 9.17) is 5.84 Å². The minimum atomic E-state index is -0.163. The topological polar surface area (TPSA) is 66.6 Å². The van der Waals surface area contributed by atoms with Crippen molar-refractivity contribution in [3.05, 3.63) is 28.8 Å². The molecule has 1 amide bonds. The average Bonchev–Trinajstić information content (AvgIpc) is 2.51. The number of hydrogen-bond acceptors (Lipinski definition) is 3. The van der Waals surface area contributed by atoms with Crippen LogP contribution in [0.1, 0.15) is 90.8 Å². The Bertz CT molecular complexity index is 575. The van der Waals surface area contributed by atoms with Crippen molar-refractivity contribution in [2.45, 2.75) is 91.4 Å². The van der Waals surface area contributed by atoms with Gasteiger partial charge in [0.15, 0.2) is 0 Å². The van der Waals surface area contributed by atoms with Crippen LogP contribution < -0.4 is 5.84 Å². The summed E-state index contributed by atoms with van der Waals surface area (Å²) in [5.41, 5.74) is 2.61. The van der Waals surface area contributed by atoms with Gasteiger partial charge < -0.3 is 5.11 Å². The van der Waals surface area contributed by atoms with Crippen molar-refractivity contribution in [3.63, 3.8) is 0 Å². The molecule has 1 aromatic rings. The Labute approximate surface area is 159 Å². The lowest BCUT2D eigenvalue weighted by Gasteiger charge is -2.28. The van der Waals surface area contributed by atoms with Gasteiger partial charge in [0.25, 0.3) is 0 Å². The predicted octanol–water partition coefficient (Wildman–Crippen LogP) is 4.81. The third-order valence-corrected chi connectivity index (χ3v) is 4.74. The van der Waals surface area contributed by atoms with E-state index in [0.29, 0.717) is 25.1 Å². The van der Waals surface area contributed by atoms with Crippen LogP contribution in [0.4, 0.5) is 0 Å². The molecule has 0 atom stereocenters. The van der Waals surface area contributed by atoms with E-state index in [2.05, 4.69) is 48.5 Å². The molecule has 4 nitrogen and oxygen atoms in total. The molecule has 0 spiro atoms. The second-order valence-electron chi connectivity index (χ2n) is 9.33. The second-order valence-corrected chi connectivity index (χ2v) is 9.33. The molecule has 26 heavy (non-hydrogen) atoms. The second kappa shape index (κ2) is 8.90. The van der Waals surface area contributed by atoms with Crippen LogP contribution in [0.5, 0.6) is 5.75 Å². The maximum atomic E-state index is 12.3. The van der Waals surface area contributed by atoms with E-state index in [1.807, 2.05) is 12.1 Å². The Morgan fingerprint density at radius 3 is 1.96 bits per heavy atom. The summed E-state index contributed by atoms with van der Waals surface area (Å²) in [5, 5.41) is 12.1. The minimum absolute atomic E-state index is 0.0243. The van der Waals surface area contributed by atoms with Crippen LogP contribution in [0.25, 0.3) is 0 Å². The summed E-state index contributed by atoms with van der Waals surface area (Å²) in [6.07, 6.45) is 4.16. The lowest BCUT2D eigenvalue weighted by Crippen LogP contribution is -2.38. The number of rotatable bonds is 7. The summed E-state index contributed by atoms with van der Waals surface area (Å²) in [6.45, 7) is 15.3. The maximum absolute atomic E-state index is 12.3. The lowest BCUT2D eigenvalue weighted by molar-refractivity contribution is -0.131. The van der Waals surface area contributed by atoms with Crippen LogP contribution in [0.15, 0.2) is 12.1 Å². The highest BCUT2D eigenvalue weighted by Crippen LogP contribution is 2.39. The first-order valence-electron chi connectivity index (χ1n) is 9.79. The SMILES string of the molecule is CCCCCN(N)C(=O)CCc1cc(C(C)(C)C)c(O)c(C(C)(C)C)c1. The number of carbonyl (C=O) groups excluding carboxylic acids is 1. The van der Waals surface area contributed by atoms with E-state index in [1.54, 1.807) is 0 Å². The van der Waals surface area contributed by atoms with E-state index in [0.717, 1.165) is 36.0 Å². The van der Waals surface area contributed by atoms with Gasteiger partial charge in [0.1, 0.15) is 5.75 Å². The number of hydrazine groups is 1. The fraction of sp³-hybridized carbons (Fsp3) is 0.682. The van der Waals surface area contributed by atoms with Crippen molar-refractivity contribution in [1.29, 1.82) is 0 Å². The number of phenolic OH excluding ortho intramolecular Hbond substituents is 1. The van der Waals surface area contributed by atoms with E-state index < -0.39 is 0 Å². The van der Waals surface area contributed by atoms with Crippen LogP contribution in [-0.4, -0.2) is 22.6 Å². The molecule has 148 valence electrons. The third-order valence-electron chi connectivity index (χ3n) is 4.74. The van der Waals surface area contributed by atoms with Crippen molar-refractivity contribution in [2.24, 2.45) is 5.84 Å². The summed E-state index contributed by atoms with van der Waals surface area (Å²) < 4.78 is 0. The van der Waals surface area contributed by atoms with Gasteiger partial charge in [-0.2, -0.15) is 0 Å². The fourth-order valence-corrected chi connectivity index (χ4v) is 3.03. The van der Waals surface area contributed by atoms with Gasteiger partial charge in [-0.3, -0.25) is 9.80 Å². The van der Waals surface area contributed by atoms with Crippen LogP contribution in [0.2, 0.25) is 0 Å². The van der Waals surface area contributed by atoms with E-state index in [-0.39, 0.29) is 16.7 Å². The van der Waals surface area contributed by atoms with Crippen molar-refractivity contribution in [3.8, 4) is 5.75 Å². The van der Waals surface area contributed by atoms with Gasteiger partial charge in [0.05, 0.1) is 0 Å². The first-order valence-corrected chi connectivity index (χ1v) is 9.79. The molecule has 0 aliphatic rings. The molecule has 0 aromatic heterocycles. The molecule has 0 radical (unpaired) electrons. The largest absolute Gasteiger partial charge is 0.507 e. The number of nitrogens with zero attached hydrogens (tertiary/aromatic N) is 1. The van der Waals surface area contributed by atoms with Crippen LogP contribution in [0, 0.1) is 0 Å². The summed E-state index contributed by atoms with van der Waals surface area (Å²) in [6, 6.07) is 4.07. The summed E-state index contributed by atoms with van der Waals surface area (Å²) in [5.74, 6) is 6.24. The molecular formula is C22H38N2O2. The summed E-state index contributed by atoms with van der Waals surface area (Å²) in [7, 11) is 0. The number of carbonyl (C=O) groups is 1. The maximum Gasteiger partial charge on any atom is 0.236 e. The smallest absolute Gasteiger partial charge is 0.236 e. The Morgan fingerprint density at radius 1 is 1.04 bits per heavy atom. The highest BCUT2D eigenvalue weighted by Gasteiger charge is 2.26. The molecule has 0 aliphatic carbocycles. The number of phenols is 1. The zero-order valence-corrected chi connectivity index (χ0v) is 17.8. The number of aryl methyl sites for hydroxylation is 1.